The van der Waals surface area contributed by atoms with E-state index >= 15 is 0 Å². The second-order valence-electron chi connectivity index (χ2n) is 13.7. The van der Waals surface area contributed by atoms with Crippen molar-refractivity contribution in [1.82, 2.24) is 0 Å². The van der Waals surface area contributed by atoms with Crippen molar-refractivity contribution >= 4 is 92.1 Å². The van der Waals surface area contributed by atoms with E-state index < -0.39 is 0 Å². The Balaban J connectivity index is 1.10. The van der Waals surface area contributed by atoms with Crippen LogP contribution < -0.4 is 4.90 Å². The zero-order valence-electron chi connectivity index (χ0n) is 28.7. The van der Waals surface area contributed by atoms with Crippen molar-refractivity contribution in [3.8, 4) is 22.3 Å². The number of hydrogen-bond donors (Lipinski definition) is 0. The predicted octanol–water partition coefficient (Wildman–Crippen LogP) is 15.1. The fourth-order valence-corrected chi connectivity index (χ4v) is 9.34. The van der Waals surface area contributed by atoms with Crippen LogP contribution in [0.5, 0.6) is 0 Å². The molecule has 0 saturated heterocycles. The maximum atomic E-state index is 6.64. The van der Waals surface area contributed by atoms with Gasteiger partial charge in [-0.2, -0.15) is 0 Å². The lowest BCUT2D eigenvalue weighted by Gasteiger charge is -2.29. The van der Waals surface area contributed by atoms with E-state index in [1.54, 1.807) is 0 Å². The smallest absolute Gasteiger partial charge is 0.143 e. The van der Waals surface area contributed by atoms with Gasteiger partial charge in [0.1, 0.15) is 11.2 Å². The maximum absolute atomic E-state index is 6.64. The molecule has 2 aromatic heterocycles. The quantitative estimate of drug-likeness (QED) is 0.178. The Bertz CT molecular complexity index is 3180. The Hall–Kier alpha value is -6.68. The van der Waals surface area contributed by atoms with Crippen LogP contribution in [-0.2, 0) is 0 Å². The molecule has 0 aliphatic heterocycles. The van der Waals surface area contributed by atoms with Gasteiger partial charge >= 0.3 is 0 Å². The highest BCUT2D eigenvalue weighted by atomic mass is 32.1. The van der Waals surface area contributed by atoms with Gasteiger partial charge in [0.15, 0.2) is 0 Å². The third-order valence-corrected chi connectivity index (χ3v) is 11.8. The molecule has 2 nitrogen and oxygen atoms in total. The summed E-state index contributed by atoms with van der Waals surface area (Å²) >= 11 is 1.86. The highest BCUT2D eigenvalue weighted by Crippen LogP contribution is 2.47. The van der Waals surface area contributed by atoms with Gasteiger partial charge in [-0.25, -0.2) is 0 Å². The summed E-state index contributed by atoms with van der Waals surface area (Å²) in [7, 11) is 0. The van der Waals surface area contributed by atoms with Crippen LogP contribution in [0.25, 0.3) is 85.9 Å². The Morgan fingerprint density at radius 2 is 1.02 bits per heavy atom. The molecule has 53 heavy (non-hydrogen) atoms. The van der Waals surface area contributed by atoms with Gasteiger partial charge in [0.2, 0.25) is 0 Å². The average Bonchev–Trinajstić information content (AvgIpc) is 3.80. The molecule has 2 heterocycles. The fraction of sp³-hybridized carbons (Fsp3) is 0. The van der Waals surface area contributed by atoms with Gasteiger partial charge in [-0.15, -0.1) is 11.3 Å². The van der Waals surface area contributed by atoms with Crippen molar-refractivity contribution in [2.75, 3.05) is 4.90 Å². The first kappa shape index (κ1) is 30.0. The number of benzene rings is 9. The molecule has 0 atom stereocenters. The molecular formula is C50H31NOS. The molecule has 0 fully saturated rings. The SMILES string of the molecule is c1ccc(N(c2ccc(-c3ccc4c(c3)sc3ccccc34)cc2)c2cccc3ccccc23)c(-c2cccc3oc4c5ccccc5ccc4c23)c1. The van der Waals surface area contributed by atoms with E-state index in [0.717, 1.165) is 55.5 Å². The molecule has 0 spiro atoms. The van der Waals surface area contributed by atoms with Crippen LogP contribution in [0.3, 0.4) is 0 Å². The van der Waals surface area contributed by atoms with E-state index in [-0.39, 0.29) is 0 Å². The molecule has 11 rings (SSSR count). The van der Waals surface area contributed by atoms with Gasteiger partial charge in [-0.1, -0.05) is 140 Å². The standard InChI is InChI=1S/C50H31NOS/c1-3-14-37-33(11-1)13-9-20-44(37)51(36-27-23-32(24-28-36)35-26-29-41-40-17-6-8-22-47(40)53-48(41)31-35)45-19-7-5-16-39(45)42-18-10-21-46-49(42)43-30-25-34-12-2-4-15-38(34)50(43)52-46/h1-31H. The van der Waals surface area contributed by atoms with Crippen LogP contribution in [0.4, 0.5) is 17.1 Å². The Morgan fingerprint density at radius 1 is 0.396 bits per heavy atom. The molecular weight excluding hydrogens is 663 g/mol. The molecule has 0 aliphatic rings. The molecule has 0 bridgehead atoms. The minimum atomic E-state index is 0.889. The molecule has 0 amide bonds. The number of furan rings is 1. The fourth-order valence-electron chi connectivity index (χ4n) is 8.19. The van der Waals surface area contributed by atoms with Gasteiger partial charge in [0.25, 0.3) is 0 Å². The topological polar surface area (TPSA) is 16.4 Å². The van der Waals surface area contributed by atoms with E-state index in [1.807, 2.05) is 11.3 Å². The van der Waals surface area contributed by atoms with Crippen LogP contribution in [0.15, 0.2) is 192 Å². The number of anilines is 3. The third-order valence-electron chi connectivity index (χ3n) is 10.7. The van der Waals surface area contributed by atoms with Gasteiger partial charge in [0.05, 0.1) is 11.4 Å². The van der Waals surface area contributed by atoms with Crippen molar-refractivity contribution in [3.63, 3.8) is 0 Å². The van der Waals surface area contributed by atoms with Crippen molar-refractivity contribution in [2.45, 2.75) is 0 Å². The lowest BCUT2D eigenvalue weighted by molar-refractivity contribution is 0.673. The minimum absolute atomic E-state index is 0.889. The summed E-state index contributed by atoms with van der Waals surface area (Å²) in [5, 5.41) is 9.61. The summed E-state index contributed by atoms with van der Waals surface area (Å²) in [6, 6.07) is 68.0. The maximum Gasteiger partial charge on any atom is 0.143 e. The second-order valence-corrected chi connectivity index (χ2v) is 14.7. The molecule has 0 unspecified atom stereocenters. The van der Waals surface area contributed by atoms with Gasteiger partial charge in [-0.3, -0.25) is 0 Å². The summed E-state index contributed by atoms with van der Waals surface area (Å²) in [4.78, 5) is 2.42. The number of para-hydroxylation sites is 1. The molecule has 0 saturated carbocycles. The van der Waals surface area contributed by atoms with Gasteiger partial charge in [0, 0.05) is 53.0 Å². The first-order chi connectivity index (χ1) is 26.3. The summed E-state index contributed by atoms with van der Waals surface area (Å²) < 4.78 is 9.28. The van der Waals surface area contributed by atoms with Crippen molar-refractivity contribution < 1.29 is 4.42 Å². The molecule has 0 aliphatic carbocycles. The third kappa shape index (κ3) is 4.78. The number of rotatable bonds is 5. The van der Waals surface area contributed by atoms with Crippen molar-refractivity contribution in [1.29, 1.82) is 0 Å². The predicted molar refractivity (Wildman–Crippen MR) is 227 cm³/mol. The second kappa shape index (κ2) is 11.9. The average molecular weight is 694 g/mol. The number of fused-ring (bicyclic) bond motifs is 9. The number of hydrogen-bond acceptors (Lipinski definition) is 3. The molecule has 248 valence electrons. The minimum Gasteiger partial charge on any atom is -0.455 e. The zero-order chi connectivity index (χ0) is 34.9. The van der Waals surface area contributed by atoms with Crippen LogP contribution >= 0.6 is 11.3 Å². The van der Waals surface area contributed by atoms with Gasteiger partial charge < -0.3 is 9.32 Å². The summed E-state index contributed by atoms with van der Waals surface area (Å²) in [6.45, 7) is 0. The lowest BCUT2D eigenvalue weighted by Crippen LogP contribution is -2.11. The Morgan fingerprint density at radius 3 is 1.91 bits per heavy atom. The Kier molecular flexibility index (Phi) is 6.76. The van der Waals surface area contributed by atoms with E-state index in [0.29, 0.717) is 0 Å². The van der Waals surface area contributed by atoms with E-state index in [9.17, 15) is 0 Å². The first-order valence-electron chi connectivity index (χ1n) is 18.0. The number of nitrogens with zero attached hydrogens (tertiary/aromatic N) is 1. The van der Waals surface area contributed by atoms with Crippen molar-refractivity contribution in [3.05, 3.63) is 188 Å². The van der Waals surface area contributed by atoms with E-state index in [4.69, 9.17) is 4.42 Å². The molecule has 0 N–H and O–H groups in total. The van der Waals surface area contributed by atoms with Crippen LogP contribution in [0.2, 0.25) is 0 Å². The van der Waals surface area contributed by atoms with Crippen LogP contribution in [0, 0.1) is 0 Å². The Labute approximate surface area is 310 Å². The van der Waals surface area contributed by atoms with Crippen LogP contribution in [-0.4, -0.2) is 0 Å². The molecule has 0 radical (unpaired) electrons. The highest BCUT2D eigenvalue weighted by molar-refractivity contribution is 7.25. The van der Waals surface area contributed by atoms with Gasteiger partial charge in [-0.05, 0) is 76.0 Å². The molecule has 9 aromatic carbocycles. The first-order valence-corrected chi connectivity index (χ1v) is 18.8. The van der Waals surface area contributed by atoms with E-state index in [1.165, 1.54) is 47.5 Å². The van der Waals surface area contributed by atoms with Crippen molar-refractivity contribution in [2.24, 2.45) is 0 Å². The van der Waals surface area contributed by atoms with E-state index in [2.05, 4.69) is 193 Å². The summed E-state index contributed by atoms with van der Waals surface area (Å²) in [6.07, 6.45) is 0. The zero-order valence-corrected chi connectivity index (χ0v) is 29.5. The lowest BCUT2D eigenvalue weighted by atomic mass is 9.95. The van der Waals surface area contributed by atoms with Crippen LogP contribution in [0.1, 0.15) is 0 Å². The monoisotopic (exact) mass is 693 g/mol. The largest absolute Gasteiger partial charge is 0.455 e. The number of thiophene rings is 1. The highest BCUT2D eigenvalue weighted by Gasteiger charge is 2.22. The summed E-state index contributed by atoms with van der Waals surface area (Å²) in [5.74, 6) is 0. The molecule has 3 heteroatoms. The summed E-state index contributed by atoms with van der Waals surface area (Å²) in [5.41, 5.74) is 9.84. The molecule has 11 aromatic rings. The normalized spacial score (nSPS) is 11.8.